The lowest BCUT2D eigenvalue weighted by Gasteiger charge is -2.19. The monoisotopic (exact) mass is 270 g/mol. The summed E-state index contributed by atoms with van der Waals surface area (Å²) in [5.74, 6) is -0.389. The van der Waals surface area contributed by atoms with Crippen LogP contribution in [0.3, 0.4) is 0 Å². The Hall–Kier alpha value is -1.27. The van der Waals surface area contributed by atoms with E-state index in [0.29, 0.717) is 16.6 Å². The lowest BCUT2D eigenvalue weighted by atomic mass is 10.2. The van der Waals surface area contributed by atoms with Gasteiger partial charge < -0.3 is 20.5 Å². The molecule has 2 rings (SSSR count). The van der Waals surface area contributed by atoms with Gasteiger partial charge in [-0.05, 0) is 25.3 Å². The summed E-state index contributed by atoms with van der Waals surface area (Å²) >= 11 is 1.33. The van der Waals surface area contributed by atoms with Crippen molar-refractivity contribution in [3.63, 3.8) is 0 Å². The lowest BCUT2D eigenvalue weighted by molar-refractivity contribution is 0.0607. The van der Waals surface area contributed by atoms with Crippen LogP contribution >= 0.6 is 11.3 Å². The third-order valence-electron chi connectivity index (χ3n) is 3.21. The molecule has 5 nitrogen and oxygen atoms in total. The van der Waals surface area contributed by atoms with E-state index in [4.69, 9.17) is 10.5 Å². The second-order valence-corrected chi connectivity index (χ2v) is 5.39. The topological polar surface area (TPSA) is 73.6 Å². The summed E-state index contributed by atoms with van der Waals surface area (Å²) in [5.41, 5.74) is 6.26. The van der Waals surface area contributed by atoms with Crippen LogP contribution in [0.1, 0.15) is 28.9 Å². The highest BCUT2D eigenvalue weighted by molar-refractivity contribution is 7.18. The van der Waals surface area contributed by atoms with E-state index in [1.807, 2.05) is 0 Å². The van der Waals surface area contributed by atoms with Gasteiger partial charge in [-0.2, -0.15) is 0 Å². The first-order valence-electron chi connectivity index (χ1n) is 5.92. The van der Waals surface area contributed by atoms with Gasteiger partial charge >= 0.3 is 5.97 Å². The molecule has 18 heavy (non-hydrogen) atoms. The Morgan fingerprint density at radius 1 is 1.50 bits per heavy atom. The molecule has 1 aromatic heterocycles. The number of carbonyl (C=O) groups is 1. The number of anilines is 2. The number of nitrogen functional groups attached to an aromatic ring is 1. The largest absolute Gasteiger partial charge is 0.465 e. The Bertz CT molecular complexity index is 433. The maximum Gasteiger partial charge on any atom is 0.350 e. The van der Waals surface area contributed by atoms with Crippen LogP contribution in [0.25, 0.3) is 0 Å². The SMILES string of the molecule is COC(=O)c1sc(NC2CCCC2OC)cc1N. The second-order valence-electron chi connectivity index (χ2n) is 4.34. The number of rotatable bonds is 4. The molecule has 1 saturated carbocycles. The van der Waals surface area contributed by atoms with Gasteiger partial charge in [0.2, 0.25) is 0 Å². The first-order chi connectivity index (χ1) is 8.65. The zero-order valence-corrected chi connectivity index (χ0v) is 11.4. The third-order valence-corrected chi connectivity index (χ3v) is 4.28. The van der Waals surface area contributed by atoms with Crippen molar-refractivity contribution in [3.05, 3.63) is 10.9 Å². The minimum Gasteiger partial charge on any atom is -0.465 e. The number of thiophene rings is 1. The first kappa shape index (κ1) is 13.2. The average Bonchev–Trinajstić information content (AvgIpc) is 2.95. The molecule has 0 saturated heterocycles. The molecule has 0 aliphatic heterocycles. The zero-order valence-electron chi connectivity index (χ0n) is 10.6. The first-order valence-corrected chi connectivity index (χ1v) is 6.74. The molecule has 0 amide bonds. The molecule has 0 spiro atoms. The molecule has 2 unspecified atom stereocenters. The maximum absolute atomic E-state index is 11.5. The summed E-state index contributed by atoms with van der Waals surface area (Å²) in [6.45, 7) is 0. The Balaban J connectivity index is 2.08. The number of hydrogen-bond acceptors (Lipinski definition) is 6. The van der Waals surface area contributed by atoms with Crippen LogP contribution in [-0.2, 0) is 9.47 Å². The van der Waals surface area contributed by atoms with Crippen molar-refractivity contribution in [1.29, 1.82) is 0 Å². The number of methoxy groups -OCH3 is 2. The summed E-state index contributed by atoms with van der Waals surface area (Å²) in [4.78, 5) is 11.9. The van der Waals surface area contributed by atoms with Gasteiger partial charge in [-0.1, -0.05) is 0 Å². The van der Waals surface area contributed by atoms with Crippen molar-refractivity contribution in [2.24, 2.45) is 0 Å². The molecule has 0 aromatic carbocycles. The molecule has 1 heterocycles. The molecule has 0 radical (unpaired) electrons. The molecular weight excluding hydrogens is 252 g/mol. The smallest absolute Gasteiger partial charge is 0.350 e. The molecule has 6 heteroatoms. The number of carbonyl (C=O) groups excluding carboxylic acids is 1. The van der Waals surface area contributed by atoms with Gasteiger partial charge in [0.25, 0.3) is 0 Å². The van der Waals surface area contributed by atoms with Gasteiger partial charge in [0, 0.05) is 7.11 Å². The number of nitrogens with one attached hydrogen (secondary N) is 1. The quantitative estimate of drug-likeness (QED) is 0.820. The van der Waals surface area contributed by atoms with Crippen LogP contribution in [0.5, 0.6) is 0 Å². The molecule has 1 aliphatic carbocycles. The van der Waals surface area contributed by atoms with E-state index in [1.165, 1.54) is 18.4 Å². The van der Waals surface area contributed by atoms with Crippen LogP contribution in [0, 0.1) is 0 Å². The maximum atomic E-state index is 11.5. The Kier molecular flexibility index (Phi) is 4.08. The van der Waals surface area contributed by atoms with Gasteiger partial charge in [-0.15, -0.1) is 11.3 Å². The zero-order chi connectivity index (χ0) is 13.1. The summed E-state index contributed by atoms with van der Waals surface area (Å²) in [6.07, 6.45) is 3.53. The Morgan fingerprint density at radius 2 is 2.28 bits per heavy atom. The van der Waals surface area contributed by atoms with E-state index in [1.54, 1.807) is 13.2 Å². The molecule has 0 bridgehead atoms. The summed E-state index contributed by atoms with van der Waals surface area (Å²) in [6, 6.07) is 2.07. The van der Waals surface area contributed by atoms with Crippen molar-refractivity contribution in [2.75, 3.05) is 25.3 Å². The molecule has 1 fully saturated rings. The van der Waals surface area contributed by atoms with E-state index >= 15 is 0 Å². The molecule has 1 aliphatic rings. The van der Waals surface area contributed by atoms with Gasteiger partial charge in [-0.25, -0.2) is 4.79 Å². The fraction of sp³-hybridized carbons (Fsp3) is 0.583. The summed E-state index contributed by atoms with van der Waals surface area (Å²) in [5, 5.41) is 4.28. The van der Waals surface area contributed by atoms with E-state index in [2.05, 4.69) is 10.1 Å². The summed E-state index contributed by atoms with van der Waals surface area (Å²) < 4.78 is 10.1. The highest BCUT2D eigenvalue weighted by Crippen LogP contribution is 2.33. The van der Waals surface area contributed by atoms with Crippen molar-refractivity contribution in [3.8, 4) is 0 Å². The average molecular weight is 270 g/mol. The molecule has 1 aromatic rings. The fourth-order valence-electron chi connectivity index (χ4n) is 2.28. The van der Waals surface area contributed by atoms with Crippen LogP contribution in [0.4, 0.5) is 10.7 Å². The molecule has 100 valence electrons. The Morgan fingerprint density at radius 3 is 2.94 bits per heavy atom. The van der Waals surface area contributed by atoms with Crippen LogP contribution in [0.15, 0.2) is 6.07 Å². The number of esters is 1. The molecule has 3 N–H and O–H groups in total. The highest BCUT2D eigenvalue weighted by Gasteiger charge is 2.27. The van der Waals surface area contributed by atoms with Crippen molar-refractivity contribution in [1.82, 2.24) is 0 Å². The van der Waals surface area contributed by atoms with Crippen LogP contribution in [0.2, 0.25) is 0 Å². The number of ether oxygens (including phenoxy) is 2. The summed E-state index contributed by atoms with van der Waals surface area (Å²) in [7, 11) is 3.08. The van der Waals surface area contributed by atoms with E-state index in [-0.39, 0.29) is 12.1 Å². The van der Waals surface area contributed by atoms with Gasteiger partial charge in [0.05, 0.1) is 29.9 Å². The van der Waals surface area contributed by atoms with E-state index in [9.17, 15) is 4.79 Å². The number of hydrogen-bond donors (Lipinski definition) is 2. The Labute approximate surface area is 110 Å². The minimum absolute atomic E-state index is 0.231. The van der Waals surface area contributed by atoms with E-state index < -0.39 is 0 Å². The number of nitrogens with two attached hydrogens (primary N) is 1. The van der Waals surface area contributed by atoms with Crippen molar-refractivity contribution < 1.29 is 14.3 Å². The van der Waals surface area contributed by atoms with Crippen molar-refractivity contribution >= 4 is 28.0 Å². The lowest BCUT2D eigenvalue weighted by Crippen LogP contribution is -2.29. The van der Waals surface area contributed by atoms with Gasteiger partial charge in [0.15, 0.2) is 0 Å². The van der Waals surface area contributed by atoms with Gasteiger partial charge in [-0.3, -0.25) is 0 Å². The van der Waals surface area contributed by atoms with Crippen LogP contribution in [-0.4, -0.2) is 32.3 Å². The minimum atomic E-state index is -0.389. The van der Waals surface area contributed by atoms with Crippen LogP contribution < -0.4 is 11.1 Å². The third kappa shape index (κ3) is 2.59. The molecular formula is C12H18N2O3S. The van der Waals surface area contributed by atoms with Crippen molar-refractivity contribution in [2.45, 2.75) is 31.4 Å². The normalized spacial score (nSPS) is 23.0. The highest BCUT2D eigenvalue weighted by atomic mass is 32.1. The van der Waals surface area contributed by atoms with E-state index in [0.717, 1.165) is 24.3 Å². The predicted molar refractivity (Wildman–Crippen MR) is 72.1 cm³/mol. The molecule has 2 atom stereocenters. The second kappa shape index (κ2) is 5.58. The van der Waals surface area contributed by atoms with Gasteiger partial charge in [0.1, 0.15) is 4.88 Å². The predicted octanol–water partition coefficient (Wildman–Crippen LogP) is 2.10. The standard InChI is InChI=1S/C12H18N2O3S/c1-16-9-5-3-4-8(9)14-10-6-7(13)11(18-10)12(15)17-2/h6,8-9,14H,3-5,13H2,1-2H3. The fourth-order valence-corrected chi connectivity index (χ4v) is 3.24.